The third-order valence-electron chi connectivity index (χ3n) is 3.80. The molecule has 2 aromatic heterocycles. The molecule has 2 heterocycles. The van der Waals surface area contributed by atoms with Crippen molar-refractivity contribution in [1.82, 2.24) is 9.97 Å². The SMILES string of the molecule is COc1ccc(CNc2ncnc3c(C(=O)O)sc(C)c23)c(OC)c1. The van der Waals surface area contributed by atoms with Gasteiger partial charge in [0.2, 0.25) is 0 Å². The summed E-state index contributed by atoms with van der Waals surface area (Å²) in [4.78, 5) is 20.8. The highest BCUT2D eigenvalue weighted by atomic mass is 32.1. The van der Waals surface area contributed by atoms with Crippen LogP contribution in [0.5, 0.6) is 11.5 Å². The van der Waals surface area contributed by atoms with Crippen molar-refractivity contribution in [3.05, 3.63) is 39.8 Å². The average Bonchev–Trinajstić information content (AvgIpc) is 2.97. The zero-order chi connectivity index (χ0) is 18.0. The number of carboxylic acids is 1. The van der Waals surface area contributed by atoms with Crippen molar-refractivity contribution in [1.29, 1.82) is 0 Å². The molecule has 0 atom stereocenters. The summed E-state index contributed by atoms with van der Waals surface area (Å²) in [5, 5.41) is 13.3. The summed E-state index contributed by atoms with van der Waals surface area (Å²) in [6, 6.07) is 5.57. The standard InChI is InChI=1S/C17H17N3O4S/c1-9-13-14(15(25-9)17(21)22)19-8-20-16(13)18-7-10-4-5-11(23-2)6-12(10)24-3/h4-6,8H,7H2,1-3H3,(H,21,22)(H,18,19,20). The van der Waals surface area contributed by atoms with E-state index in [1.807, 2.05) is 25.1 Å². The monoisotopic (exact) mass is 359 g/mol. The molecule has 0 spiro atoms. The van der Waals surface area contributed by atoms with Crippen LogP contribution in [0.2, 0.25) is 0 Å². The van der Waals surface area contributed by atoms with Crippen LogP contribution in [0.1, 0.15) is 20.1 Å². The number of aryl methyl sites for hydroxylation is 1. The number of carboxylic acid groups (broad SMARTS) is 1. The van der Waals surface area contributed by atoms with Gasteiger partial charge in [0.1, 0.15) is 34.0 Å². The fraction of sp³-hybridized carbons (Fsp3) is 0.235. The van der Waals surface area contributed by atoms with Crippen LogP contribution >= 0.6 is 11.3 Å². The number of nitrogens with one attached hydrogen (secondary N) is 1. The van der Waals surface area contributed by atoms with Gasteiger partial charge in [-0.1, -0.05) is 0 Å². The number of nitrogens with zero attached hydrogens (tertiary/aromatic N) is 2. The number of ether oxygens (including phenoxy) is 2. The molecule has 8 heteroatoms. The van der Waals surface area contributed by atoms with Crippen LogP contribution in [0.25, 0.3) is 10.9 Å². The molecule has 3 rings (SSSR count). The smallest absolute Gasteiger partial charge is 0.348 e. The van der Waals surface area contributed by atoms with E-state index < -0.39 is 5.97 Å². The Morgan fingerprint density at radius 1 is 1.28 bits per heavy atom. The Kier molecular flexibility index (Phi) is 4.71. The first-order valence-corrected chi connectivity index (χ1v) is 8.29. The first kappa shape index (κ1) is 17.0. The second kappa shape index (κ2) is 6.94. The quantitative estimate of drug-likeness (QED) is 0.697. The number of methoxy groups -OCH3 is 2. The Balaban J connectivity index is 1.93. The van der Waals surface area contributed by atoms with E-state index in [2.05, 4.69) is 15.3 Å². The molecule has 0 aliphatic rings. The van der Waals surface area contributed by atoms with Crippen molar-refractivity contribution < 1.29 is 19.4 Å². The molecule has 130 valence electrons. The first-order chi connectivity index (χ1) is 12.0. The van der Waals surface area contributed by atoms with Crippen LogP contribution in [0.4, 0.5) is 5.82 Å². The third kappa shape index (κ3) is 3.20. The van der Waals surface area contributed by atoms with Crippen LogP contribution in [-0.2, 0) is 6.54 Å². The van der Waals surface area contributed by atoms with E-state index in [9.17, 15) is 9.90 Å². The molecule has 0 bridgehead atoms. The lowest BCUT2D eigenvalue weighted by Gasteiger charge is -2.12. The number of aromatic carboxylic acids is 1. The van der Waals surface area contributed by atoms with Gasteiger partial charge in [-0.25, -0.2) is 14.8 Å². The van der Waals surface area contributed by atoms with E-state index in [-0.39, 0.29) is 4.88 Å². The molecule has 0 saturated carbocycles. The van der Waals surface area contributed by atoms with Crippen LogP contribution in [0.15, 0.2) is 24.5 Å². The van der Waals surface area contributed by atoms with Crippen LogP contribution in [0, 0.1) is 6.92 Å². The predicted octanol–water partition coefficient (Wildman–Crippen LogP) is 3.33. The molecule has 0 fully saturated rings. The number of hydrogen-bond donors (Lipinski definition) is 2. The maximum atomic E-state index is 11.4. The second-order valence-corrected chi connectivity index (χ2v) is 6.49. The molecule has 3 aromatic rings. The first-order valence-electron chi connectivity index (χ1n) is 7.47. The van der Waals surface area contributed by atoms with Crippen molar-refractivity contribution in [2.45, 2.75) is 13.5 Å². The van der Waals surface area contributed by atoms with E-state index in [1.165, 1.54) is 17.7 Å². The Morgan fingerprint density at radius 2 is 2.08 bits per heavy atom. The summed E-state index contributed by atoms with van der Waals surface area (Å²) in [6.45, 7) is 2.33. The van der Waals surface area contributed by atoms with Gasteiger partial charge in [0.05, 0.1) is 19.6 Å². The Hall–Kier alpha value is -2.87. The van der Waals surface area contributed by atoms with Crippen LogP contribution < -0.4 is 14.8 Å². The van der Waals surface area contributed by atoms with Crippen LogP contribution in [0.3, 0.4) is 0 Å². The highest BCUT2D eigenvalue weighted by Gasteiger charge is 2.19. The Bertz CT molecular complexity index is 939. The second-order valence-electron chi connectivity index (χ2n) is 5.27. The highest BCUT2D eigenvalue weighted by molar-refractivity contribution is 7.15. The molecule has 0 unspecified atom stereocenters. The van der Waals surface area contributed by atoms with Gasteiger partial charge in [-0.15, -0.1) is 11.3 Å². The lowest BCUT2D eigenvalue weighted by molar-refractivity contribution is 0.0704. The minimum atomic E-state index is -0.982. The van der Waals surface area contributed by atoms with Crippen molar-refractivity contribution in [2.75, 3.05) is 19.5 Å². The molecule has 0 aliphatic heterocycles. The Labute approximate surface area is 148 Å². The van der Waals surface area contributed by atoms with E-state index >= 15 is 0 Å². The summed E-state index contributed by atoms with van der Waals surface area (Å²) in [5.41, 5.74) is 1.38. The minimum Gasteiger partial charge on any atom is -0.497 e. The number of hydrogen-bond acceptors (Lipinski definition) is 7. The lowest BCUT2D eigenvalue weighted by atomic mass is 10.2. The van der Waals surface area contributed by atoms with Gasteiger partial charge >= 0.3 is 5.97 Å². The van der Waals surface area contributed by atoms with Crippen molar-refractivity contribution >= 4 is 34.0 Å². The number of carbonyl (C=O) groups is 1. The topological polar surface area (TPSA) is 93.6 Å². The number of fused-ring (bicyclic) bond motifs is 1. The van der Waals surface area contributed by atoms with Gasteiger partial charge in [0.25, 0.3) is 0 Å². The predicted molar refractivity (Wildman–Crippen MR) is 96.0 cm³/mol. The van der Waals surface area contributed by atoms with Gasteiger partial charge in [-0.2, -0.15) is 0 Å². The van der Waals surface area contributed by atoms with Crippen molar-refractivity contribution in [3.63, 3.8) is 0 Å². The normalized spacial score (nSPS) is 10.7. The fourth-order valence-corrected chi connectivity index (χ4v) is 3.54. The van der Waals surface area contributed by atoms with Crippen molar-refractivity contribution in [3.8, 4) is 11.5 Å². The third-order valence-corrected chi connectivity index (χ3v) is 4.89. The highest BCUT2D eigenvalue weighted by Crippen LogP contribution is 2.34. The number of rotatable bonds is 6. The number of thiophene rings is 1. The van der Waals surface area contributed by atoms with Gasteiger partial charge in [-0.05, 0) is 19.1 Å². The number of anilines is 1. The lowest BCUT2D eigenvalue weighted by Crippen LogP contribution is -2.04. The van der Waals surface area contributed by atoms with Gasteiger partial charge in [0, 0.05) is 23.1 Å². The summed E-state index contributed by atoms with van der Waals surface area (Å²) in [5.74, 6) is 1.03. The summed E-state index contributed by atoms with van der Waals surface area (Å²) in [7, 11) is 3.20. The number of benzene rings is 1. The zero-order valence-electron chi connectivity index (χ0n) is 14.0. The van der Waals surface area contributed by atoms with Gasteiger partial charge in [0.15, 0.2) is 0 Å². The molecule has 7 nitrogen and oxygen atoms in total. The summed E-state index contributed by atoms with van der Waals surface area (Å²) >= 11 is 1.20. The molecule has 25 heavy (non-hydrogen) atoms. The maximum absolute atomic E-state index is 11.4. The zero-order valence-corrected chi connectivity index (χ0v) is 14.8. The molecule has 0 amide bonds. The minimum absolute atomic E-state index is 0.222. The average molecular weight is 359 g/mol. The molecule has 0 radical (unpaired) electrons. The molecule has 0 aliphatic carbocycles. The van der Waals surface area contributed by atoms with E-state index in [1.54, 1.807) is 14.2 Å². The number of aromatic nitrogens is 2. The molecular formula is C17H17N3O4S. The molecule has 0 saturated heterocycles. The summed E-state index contributed by atoms with van der Waals surface area (Å²) in [6.07, 6.45) is 1.37. The van der Waals surface area contributed by atoms with Crippen LogP contribution in [-0.4, -0.2) is 35.3 Å². The van der Waals surface area contributed by atoms with E-state index in [0.29, 0.717) is 29.4 Å². The van der Waals surface area contributed by atoms with Gasteiger partial charge < -0.3 is 19.9 Å². The molecule has 2 N–H and O–H groups in total. The van der Waals surface area contributed by atoms with E-state index in [4.69, 9.17) is 9.47 Å². The largest absolute Gasteiger partial charge is 0.497 e. The summed E-state index contributed by atoms with van der Waals surface area (Å²) < 4.78 is 10.6. The Morgan fingerprint density at radius 3 is 2.76 bits per heavy atom. The maximum Gasteiger partial charge on any atom is 0.348 e. The van der Waals surface area contributed by atoms with E-state index in [0.717, 1.165) is 15.8 Å². The van der Waals surface area contributed by atoms with Crippen molar-refractivity contribution in [2.24, 2.45) is 0 Å². The van der Waals surface area contributed by atoms with Gasteiger partial charge in [-0.3, -0.25) is 0 Å². The molecule has 1 aromatic carbocycles. The molecular weight excluding hydrogens is 342 g/mol. The fourth-order valence-electron chi connectivity index (χ4n) is 2.60.